The van der Waals surface area contributed by atoms with Crippen LogP contribution in [0.25, 0.3) is 0 Å². The smallest absolute Gasteiger partial charge is 0.261 e. The Morgan fingerprint density at radius 3 is 2.58 bits per heavy atom. The van der Waals surface area contributed by atoms with Gasteiger partial charge in [-0.15, -0.1) is 0 Å². The van der Waals surface area contributed by atoms with Gasteiger partial charge in [-0.1, -0.05) is 23.2 Å². The third kappa shape index (κ3) is 4.98. The van der Waals surface area contributed by atoms with Crippen molar-refractivity contribution in [3.05, 3.63) is 57.8 Å². The summed E-state index contributed by atoms with van der Waals surface area (Å²) in [5.74, 6) is -0.330. The van der Waals surface area contributed by atoms with Crippen molar-refractivity contribution in [2.45, 2.75) is 48.9 Å². The van der Waals surface area contributed by atoms with Crippen LogP contribution in [-0.2, 0) is 9.59 Å². The highest BCUT2D eigenvalue weighted by atomic mass is 35.5. The van der Waals surface area contributed by atoms with Crippen molar-refractivity contribution >= 4 is 35.0 Å². The van der Waals surface area contributed by atoms with Crippen molar-refractivity contribution in [1.29, 1.82) is 0 Å². The summed E-state index contributed by atoms with van der Waals surface area (Å²) in [6.45, 7) is 0.111. The molecular formula is C25H26Cl2FN3O5. The van der Waals surface area contributed by atoms with Gasteiger partial charge in [0.1, 0.15) is 17.3 Å². The Bertz CT molecular complexity index is 1180. The van der Waals surface area contributed by atoms with Crippen LogP contribution in [0.1, 0.15) is 37.3 Å². The number of halogens is 3. The number of hydrogen-bond donors (Lipinski definition) is 4. The predicted molar refractivity (Wildman–Crippen MR) is 131 cm³/mol. The Hall–Kier alpha value is -2.59. The van der Waals surface area contributed by atoms with Crippen LogP contribution in [0, 0.1) is 5.82 Å². The summed E-state index contributed by atoms with van der Waals surface area (Å²) in [6.07, 6.45) is 1.58. The molecule has 3 saturated carbocycles. The quantitative estimate of drug-likeness (QED) is 0.391. The number of ether oxygens (including phenoxy) is 2. The molecular weight excluding hydrogens is 512 g/mol. The molecule has 192 valence electrons. The number of nitrogens with one attached hydrogen (secondary N) is 3. The van der Waals surface area contributed by atoms with Gasteiger partial charge in [0, 0.05) is 46.7 Å². The fourth-order valence-corrected chi connectivity index (χ4v) is 5.77. The first-order valence-electron chi connectivity index (χ1n) is 11.7. The Morgan fingerprint density at radius 1 is 1.11 bits per heavy atom. The molecule has 3 aliphatic carbocycles. The van der Waals surface area contributed by atoms with Crippen LogP contribution in [0.3, 0.4) is 0 Å². The van der Waals surface area contributed by atoms with Gasteiger partial charge >= 0.3 is 0 Å². The largest absolute Gasteiger partial charge is 0.484 e. The van der Waals surface area contributed by atoms with E-state index in [1.165, 1.54) is 12.1 Å². The summed E-state index contributed by atoms with van der Waals surface area (Å²) in [4.78, 5) is 25.4. The van der Waals surface area contributed by atoms with Crippen LogP contribution in [0.15, 0.2) is 36.4 Å². The molecule has 2 aromatic rings. The number of fused-ring (bicyclic) bond motifs is 1. The number of hydrogen-bond acceptors (Lipinski definition) is 6. The number of rotatable bonds is 9. The molecule has 1 heterocycles. The summed E-state index contributed by atoms with van der Waals surface area (Å²) in [5.41, 5.74) is 0.138. The Balaban J connectivity index is 1.12. The summed E-state index contributed by atoms with van der Waals surface area (Å²) in [6, 6.07) is 9.08. The van der Waals surface area contributed by atoms with Crippen molar-refractivity contribution in [2.24, 2.45) is 0 Å². The summed E-state index contributed by atoms with van der Waals surface area (Å²) >= 11 is 11.8. The van der Waals surface area contributed by atoms with Gasteiger partial charge in [0.25, 0.3) is 11.8 Å². The third-order valence-electron chi connectivity index (χ3n) is 6.95. The van der Waals surface area contributed by atoms with E-state index in [9.17, 15) is 19.1 Å². The zero-order chi connectivity index (χ0) is 25.5. The average molecular weight is 538 g/mol. The second kappa shape index (κ2) is 9.70. The van der Waals surface area contributed by atoms with Crippen LogP contribution >= 0.6 is 23.2 Å². The van der Waals surface area contributed by atoms with Gasteiger partial charge in [0.2, 0.25) is 0 Å². The number of aliphatic hydroxyl groups excluding tert-OH is 1. The minimum Gasteiger partial charge on any atom is -0.484 e. The minimum atomic E-state index is -0.692. The van der Waals surface area contributed by atoms with E-state index in [2.05, 4.69) is 16.0 Å². The lowest BCUT2D eigenvalue weighted by molar-refractivity contribution is -0.154. The second-order valence-electron chi connectivity index (χ2n) is 9.75. The molecule has 8 nitrogen and oxygen atoms in total. The molecule has 3 fully saturated rings. The fraction of sp³-hybridized carbons (Fsp3) is 0.440. The number of aliphatic hydroxyl groups is 1. The molecule has 6 rings (SSSR count). The lowest BCUT2D eigenvalue weighted by Gasteiger charge is -2.70. The van der Waals surface area contributed by atoms with Crippen LogP contribution in [0.4, 0.5) is 4.39 Å². The molecule has 11 heteroatoms. The molecule has 2 amide bonds. The van der Waals surface area contributed by atoms with Crippen LogP contribution in [0.2, 0.25) is 10.0 Å². The summed E-state index contributed by atoms with van der Waals surface area (Å²) in [5, 5.41) is 19.1. The fourth-order valence-electron chi connectivity index (χ4n) is 5.48. The number of carbonyl (C=O) groups is 2. The van der Waals surface area contributed by atoms with Crippen molar-refractivity contribution < 1.29 is 28.6 Å². The van der Waals surface area contributed by atoms with Gasteiger partial charge in [-0.2, -0.15) is 0 Å². The van der Waals surface area contributed by atoms with Gasteiger partial charge < -0.3 is 30.5 Å². The third-order valence-corrected chi connectivity index (χ3v) is 7.49. The van der Waals surface area contributed by atoms with Crippen LogP contribution in [0.5, 0.6) is 11.5 Å². The molecule has 2 bridgehead atoms. The molecule has 0 unspecified atom stereocenters. The normalized spacial score (nSPS) is 27.6. The van der Waals surface area contributed by atoms with Gasteiger partial charge in [0.05, 0.1) is 11.6 Å². The van der Waals surface area contributed by atoms with Crippen molar-refractivity contribution in [3.63, 3.8) is 0 Å². The van der Waals surface area contributed by atoms with Gasteiger partial charge in [-0.25, -0.2) is 4.39 Å². The standard InChI is InChI=1S/C25H26Cl2FN3O5/c26-14-1-4-20-16(7-14)19(29-5-6-32)9-21(36-20)23(34)31-25-11-24(12-25,13-25)30-22(33)10-35-15-2-3-17(27)18(28)8-15/h1-4,7-8,19,21,29,32H,5-6,9-13H2,(H,30,33)(H,31,34)/t19-,21-,24?,25?/m1/s1. The van der Waals surface area contributed by atoms with E-state index in [0.29, 0.717) is 43.0 Å². The number of carbonyl (C=O) groups excluding carboxylic acids is 2. The maximum Gasteiger partial charge on any atom is 0.261 e. The monoisotopic (exact) mass is 537 g/mol. The van der Waals surface area contributed by atoms with E-state index in [4.69, 9.17) is 32.7 Å². The first-order chi connectivity index (χ1) is 17.2. The van der Waals surface area contributed by atoms with E-state index in [1.54, 1.807) is 18.2 Å². The minimum absolute atomic E-state index is 0.0165. The van der Waals surface area contributed by atoms with Crippen LogP contribution < -0.4 is 25.4 Å². The lowest BCUT2D eigenvalue weighted by atomic mass is 9.44. The molecule has 4 N–H and O–H groups in total. The lowest BCUT2D eigenvalue weighted by Crippen LogP contribution is -2.84. The molecule has 2 aromatic carbocycles. The van der Waals surface area contributed by atoms with Crippen LogP contribution in [-0.4, -0.2) is 53.9 Å². The highest BCUT2D eigenvalue weighted by molar-refractivity contribution is 6.31. The van der Waals surface area contributed by atoms with Crippen molar-refractivity contribution in [1.82, 2.24) is 16.0 Å². The van der Waals surface area contributed by atoms with E-state index in [0.717, 1.165) is 11.6 Å². The van der Waals surface area contributed by atoms with Gasteiger partial charge in [-0.3, -0.25) is 9.59 Å². The Kier molecular flexibility index (Phi) is 6.76. The molecule has 0 radical (unpaired) electrons. The Labute approximate surface area is 217 Å². The Morgan fingerprint density at radius 2 is 1.86 bits per heavy atom. The predicted octanol–water partition coefficient (Wildman–Crippen LogP) is 2.89. The molecule has 0 saturated heterocycles. The SMILES string of the molecule is O=C(COc1ccc(Cl)c(F)c1)NC12CC(NC(=O)[C@H]3C[C@@H](NCCO)c4cc(Cl)ccc4O3)(C1)C2. The molecule has 0 aromatic heterocycles. The first-order valence-corrected chi connectivity index (χ1v) is 12.5. The maximum atomic E-state index is 13.5. The van der Waals surface area contributed by atoms with Gasteiger partial charge in [-0.05, 0) is 49.6 Å². The van der Waals surface area contributed by atoms with E-state index in [1.807, 2.05) is 0 Å². The molecule has 36 heavy (non-hydrogen) atoms. The number of amides is 2. The zero-order valence-corrected chi connectivity index (χ0v) is 20.8. The molecule has 4 aliphatic rings. The first kappa shape index (κ1) is 25.1. The summed E-state index contributed by atoms with van der Waals surface area (Å²) in [7, 11) is 0. The molecule has 1 aliphatic heterocycles. The molecule has 0 spiro atoms. The zero-order valence-electron chi connectivity index (χ0n) is 19.3. The van der Waals surface area contributed by atoms with Gasteiger partial charge in [0.15, 0.2) is 12.7 Å². The van der Waals surface area contributed by atoms with E-state index >= 15 is 0 Å². The highest BCUT2D eigenvalue weighted by Crippen LogP contribution is 2.60. The van der Waals surface area contributed by atoms with Crippen molar-refractivity contribution in [3.8, 4) is 11.5 Å². The average Bonchev–Trinajstić information content (AvgIpc) is 2.81. The topological polar surface area (TPSA) is 109 Å². The van der Waals surface area contributed by atoms with E-state index in [-0.39, 0.29) is 52.9 Å². The second-order valence-corrected chi connectivity index (χ2v) is 10.6. The van der Waals surface area contributed by atoms with Crippen molar-refractivity contribution in [2.75, 3.05) is 19.8 Å². The summed E-state index contributed by atoms with van der Waals surface area (Å²) < 4.78 is 24.8. The highest BCUT2D eigenvalue weighted by Gasteiger charge is 2.69. The maximum absolute atomic E-state index is 13.5. The number of benzene rings is 2. The molecule has 2 atom stereocenters. The van der Waals surface area contributed by atoms with E-state index < -0.39 is 11.9 Å².